The van der Waals surface area contributed by atoms with Crippen molar-refractivity contribution in [3.63, 3.8) is 0 Å². The van der Waals surface area contributed by atoms with Crippen molar-refractivity contribution in [1.29, 1.82) is 0 Å². The van der Waals surface area contributed by atoms with Crippen LogP contribution in [-0.2, 0) is 20.2 Å². The van der Waals surface area contributed by atoms with Gasteiger partial charge in [-0.3, -0.25) is 14.1 Å². The quantitative estimate of drug-likeness (QED) is 0.218. The molecular weight excluding hydrogens is 530 g/mol. The summed E-state index contributed by atoms with van der Waals surface area (Å²) in [5.41, 5.74) is 4.59. The summed E-state index contributed by atoms with van der Waals surface area (Å²) in [6, 6.07) is 8.58. The Morgan fingerprint density at radius 2 is 1.59 bits per heavy atom. The molecule has 0 aliphatic heterocycles. The number of nitrogens with zero attached hydrogens (tertiary/aromatic N) is 4. The summed E-state index contributed by atoms with van der Waals surface area (Å²) in [7, 11) is -7.33. The number of hydrogen-bond acceptors (Lipinski definition) is 10. The van der Waals surface area contributed by atoms with Crippen LogP contribution in [0, 0.1) is 6.92 Å². The molecule has 5 rings (SSSR count). The Morgan fingerprint density at radius 3 is 2.19 bits per heavy atom. The maximum atomic E-state index is 9.19. The Morgan fingerprint density at radius 1 is 0.973 bits per heavy atom. The van der Waals surface area contributed by atoms with Crippen LogP contribution in [0.1, 0.15) is 18.4 Å². The normalized spacial score (nSPS) is 12.7. The molecule has 15 nitrogen and oxygen atoms in total. The highest BCUT2D eigenvalue weighted by molar-refractivity contribution is 7.85. The van der Waals surface area contributed by atoms with E-state index in [1.165, 1.54) is 18.4 Å². The standard InChI is InChI=1S/C18H17N7.2CH4O3S.2H2O/c1-10-6-7-19-14-5-4-12(8-13(10)14)23-18-24-16-15(20-9-21-16)17(25-18)22-11-2-3-11;2*1-5(2,3)4;;/h4-9,11H,2-3H2,1H3,(H3,20,21,22,23,24,25);2*1H3,(H,2,3,4);2*1H2. The van der Waals surface area contributed by atoms with Crippen LogP contribution >= 0.6 is 0 Å². The third-order valence-corrected chi connectivity index (χ3v) is 4.41. The third kappa shape index (κ3) is 11.0. The zero-order valence-corrected chi connectivity index (χ0v) is 21.7. The van der Waals surface area contributed by atoms with E-state index in [2.05, 4.69) is 48.5 Å². The maximum Gasteiger partial charge on any atom is 0.261 e. The predicted molar refractivity (Wildman–Crippen MR) is 140 cm³/mol. The van der Waals surface area contributed by atoms with Gasteiger partial charge in [0, 0.05) is 23.3 Å². The Kier molecular flexibility index (Phi) is 10.8. The molecule has 1 saturated carbocycles. The fourth-order valence-corrected chi connectivity index (χ4v) is 2.90. The molecule has 0 bridgehead atoms. The van der Waals surface area contributed by atoms with Gasteiger partial charge in [-0.1, -0.05) is 0 Å². The number of rotatable bonds is 4. The number of anilines is 3. The van der Waals surface area contributed by atoms with Crippen LogP contribution in [0.15, 0.2) is 36.8 Å². The number of nitrogens with one attached hydrogen (secondary N) is 3. The van der Waals surface area contributed by atoms with E-state index in [4.69, 9.17) is 9.11 Å². The van der Waals surface area contributed by atoms with Gasteiger partial charge in [-0.15, -0.1) is 0 Å². The number of H-pyrrole nitrogens is 1. The van der Waals surface area contributed by atoms with Gasteiger partial charge in [-0.25, -0.2) is 4.98 Å². The highest BCUT2D eigenvalue weighted by Crippen LogP contribution is 2.28. The van der Waals surface area contributed by atoms with E-state index in [-0.39, 0.29) is 11.0 Å². The molecule has 37 heavy (non-hydrogen) atoms. The van der Waals surface area contributed by atoms with Gasteiger partial charge in [0.05, 0.1) is 24.4 Å². The molecule has 1 aliphatic rings. The summed E-state index contributed by atoms with van der Waals surface area (Å²) in [6.45, 7) is 2.08. The van der Waals surface area contributed by atoms with Gasteiger partial charge < -0.3 is 26.6 Å². The Labute approximate surface area is 212 Å². The summed E-state index contributed by atoms with van der Waals surface area (Å²) in [6.07, 6.45) is 7.26. The molecule has 17 heteroatoms. The summed E-state index contributed by atoms with van der Waals surface area (Å²) in [5.74, 6) is 1.32. The lowest BCUT2D eigenvalue weighted by molar-refractivity contribution is 0.488. The monoisotopic (exact) mass is 559 g/mol. The molecule has 1 fully saturated rings. The van der Waals surface area contributed by atoms with Gasteiger partial charge in [0.25, 0.3) is 20.2 Å². The van der Waals surface area contributed by atoms with Gasteiger partial charge in [0.15, 0.2) is 11.5 Å². The average Bonchev–Trinajstić information content (AvgIpc) is 3.39. The van der Waals surface area contributed by atoms with Crippen molar-refractivity contribution in [2.45, 2.75) is 25.8 Å². The second-order valence-corrected chi connectivity index (χ2v) is 10.8. The van der Waals surface area contributed by atoms with Crippen molar-refractivity contribution >= 4 is 59.8 Å². The second-order valence-electron chi connectivity index (χ2n) is 7.87. The molecule has 1 aromatic carbocycles. The number of benzene rings is 1. The number of aromatic nitrogens is 5. The SMILES string of the molecule is CS(=O)(=O)O.CS(=O)(=O)O.Cc1ccnc2ccc(Nc3nc(NC4CC4)c4nc[nH]c4n3)cc12.O.O. The minimum Gasteiger partial charge on any atom is -0.412 e. The van der Waals surface area contributed by atoms with Gasteiger partial charge >= 0.3 is 0 Å². The zero-order valence-electron chi connectivity index (χ0n) is 20.1. The number of fused-ring (bicyclic) bond motifs is 2. The van der Waals surface area contributed by atoms with Gasteiger partial charge in [-0.05, 0) is 49.6 Å². The van der Waals surface area contributed by atoms with E-state index < -0.39 is 20.2 Å². The maximum absolute atomic E-state index is 9.19. The van der Waals surface area contributed by atoms with Crippen molar-refractivity contribution in [3.8, 4) is 0 Å². The van der Waals surface area contributed by atoms with Crippen molar-refractivity contribution in [2.24, 2.45) is 0 Å². The smallest absolute Gasteiger partial charge is 0.261 e. The molecule has 1 aliphatic carbocycles. The van der Waals surface area contributed by atoms with Gasteiger partial charge in [0.2, 0.25) is 5.95 Å². The lowest BCUT2D eigenvalue weighted by atomic mass is 10.1. The molecule has 0 saturated heterocycles. The summed E-state index contributed by atoms with van der Waals surface area (Å²) < 4.78 is 51.7. The minimum atomic E-state index is -3.67. The molecule has 4 aromatic rings. The van der Waals surface area contributed by atoms with Crippen LogP contribution in [0.3, 0.4) is 0 Å². The largest absolute Gasteiger partial charge is 0.412 e. The fraction of sp³-hybridized carbons (Fsp3) is 0.300. The highest BCUT2D eigenvalue weighted by Gasteiger charge is 2.23. The van der Waals surface area contributed by atoms with Crippen LogP contribution in [0.2, 0.25) is 0 Å². The predicted octanol–water partition coefficient (Wildman–Crippen LogP) is 0.886. The molecule has 0 radical (unpaired) electrons. The van der Waals surface area contributed by atoms with Crippen LogP contribution in [0.25, 0.3) is 22.1 Å². The zero-order chi connectivity index (χ0) is 25.8. The van der Waals surface area contributed by atoms with Crippen molar-refractivity contribution in [1.82, 2.24) is 24.9 Å². The Balaban J connectivity index is 0.000000493. The average molecular weight is 560 g/mol. The number of aryl methyl sites for hydroxylation is 1. The first-order valence-corrected chi connectivity index (χ1v) is 13.9. The number of pyridine rings is 1. The van der Waals surface area contributed by atoms with Crippen LogP contribution in [0.5, 0.6) is 0 Å². The first-order chi connectivity index (χ1) is 16.3. The molecule has 3 heterocycles. The van der Waals surface area contributed by atoms with E-state index in [1.54, 1.807) is 6.33 Å². The highest BCUT2D eigenvalue weighted by atomic mass is 32.2. The van der Waals surface area contributed by atoms with Crippen LogP contribution < -0.4 is 10.6 Å². The second kappa shape index (κ2) is 12.7. The van der Waals surface area contributed by atoms with E-state index in [0.29, 0.717) is 24.5 Å². The fourth-order valence-electron chi connectivity index (χ4n) is 2.90. The van der Waals surface area contributed by atoms with E-state index >= 15 is 0 Å². The van der Waals surface area contributed by atoms with Crippen molar-refractivity contribution in [2.75, 3.05) is 23.1 Å². The lowest BCUT2D eigenvalue weighted by Crippen LogP contribution is -2.07. The minimum absolute atomic E-state index is 0. The van der Waals surface area contributed by atoms with Gasteiger partial charge in [0.1, 0.15) is 5.52 Å². The van der Waals surface area contributed by atoms with Crippen LogP contribution in [0.4, 0.5) is 17.5 Å². The number of hydrogen-bond donors (Lipinski definition) is 5. The Bertz CT molecular complexity index is 1510. The number of imidazole rings is 1. The molecule has 9 N–H and O–H groups in total. The van der Waals surface area contributed by atoms with E-state index in [0.717, 1.165) is 33.6 Å². The lowest BCUT2D eigenvalue weighted by Gasteiger charge is -2.10. The van der Waals surface area contributed by atoms with Crippen molar-refractivity contribution in [3.05, 3.63) is 42.4 Å². The topological polar surface area (TPSA) is 263 Å². The first kappa shape index (κ1) is 31.5. The Hall–Kier alpha value is -3.48. The van der Waals surface area contributed by atoms with Crippen molar-refractivity contribution < 1.29 is 36.9 Å². The van der Waals surface area contributed by atoms with Crippen LogP contribution in [-0.4, -0.2) is 80.4 Å². The molecule has 0 spiro atoms. The summed E-state index contributed by atoms with van der Waals surface area (Å²) >= 11 is 0. The molecule has 204 valence electrons. The molecule has 0 unspecified atom stereocenters. The third-order valence-electron chi connectivity index (χ3n) is 4.41. The molecule has 0 amide bonds. The van der Waals surface area contributed by atoms with E-state index in [1.807, 2.05) is 24.4 Å². The summed E-state index contributed by atoms with van der Waals surface area (Å²) in [5, 5.41) is 7.84. The number of aromatic amines is 1. The molecule has 0 atom stereocenters. The van der Waals surface area contributed by atoms with E-state index in [9.17, 15) is 16.8 Å². The first-order valence-electron chi connectivity index (χ1n) is 10.2. The molecule has 3 aromatic heterocycles. The van der Waals surface area contributed by atoms with Gasteiger partial charge in [-0.2, -0.15) is 26.8 Å². The molecular formula is C20H29N7O8S2. The summed E-state index contributed by atoms with van der Waals surface area (Å²) in [4.78, 5) is 20.9.